The third-order valence-electron chi connectivity index (χ3n) is 13.1. The Balaban J connectivity index is 1.08. The highest BCUT2D eigenvalue weighted by atomic mass is 15.1. The van der Waals surface area contributed by atoms with E-state index in [0.717, 1.165) is 29.9 Å². The average molecular weight is 763 g/mol. The lowest BCUT2D eigenvalue weighted by molar-refractivity contribution is 0.970. The number of rotatable bonds is 5. The Bertz CT molecular complexity index is 3610. The van der Waals surface area contributed by atoms with Crippen LogP contribution >= 0.6 is 0 Å². The van der Waals surface area contributed by atoms with E-state index in [0.29, 0.717) is 0 Å². The van der Waals surface area contributed by atoms with Gasteiger partial charge in [-0.1, -0.05) is 152 Å². The predicted molar refractivity (Wildman–Crippen MR) is 255 cm³/mol. The summed E-state index contributed by atoms with van der Waals surface area (Å²) >= 11 is 0. The van der Waals surface area contributed by atoms with E-state index >= 15 is 0 Å². The number of para-hydroxylation sites is 1. The fourth-order valence-corrected chi connectivity index (χ4v) is 10.4. The molecule has 0 radical (unpaired) electrons. The molecule has 2 heteroatoms. The van der Waals surface area contributed by atoms with Crippen LogP contribution in [-0.2, 0) is 6.42 Å². The van der Waals surface area contributed by atoms with Crippen LogP contribution in [0.2, 0.25) is 0 Å². The average Bonchev–Trinajstić information content (AvgIpc) is 3.81. The van der Waals surface area contributed by atoms with Crippen molar-refractivity contribution < 1.29 is 0 Å². The number of anilines is 3. The second-order valence-electron chi connectivity index (χ2n) is 16.4. The summed E-state index contributed by atoms with van der Waals surface area (Å²) in [5.41, 5.74) is 16.1. The minimum absolute atomic E-state index is 1.04. The molecule has 0 fully saturated rings. The third kappa shape index (κ3) is 4.88. The molecule has 0 bridgehead atoms. The lowest BCUT2D eigenvalue weighted by Gasteiger charge is -2.30. The zero-order valence-corrected chi connectivity index (χ0v) is 32.9. The molecule has 60 heavy (non-hydrogen) atoms. The molecule has 11 aromatic rings. The van der Waals surface area contributed by atoms with Gasteiger partial charge in [0.25, 0.3) is 0 Å². The van der Waals surface area contributed by atoms with Crippen LogP contribution in [0.3, 0.4) is 0 Å². The van der Waals surface area contributed by atoms with Crippen molar-refractivity contribution in [3.63, 3.8) is 0 Å². The van der Waals surface area contributed by atoms with E-state index < -0.39 is 0 Å². The third-order valence-corrected chi connectivity index (χ3v) is 13.1. The lowest BCUT2D eigenvalue weighted by Crippen LogP contribution is -2.12. The summed E-state index contributed by atoms with van der Waals surface area (Å²) < 4.78 is 2.53. The Morgan fingerprint density at radius 1 is 0.417 bits per heavy atom. The first-order chi connectivity index (χ1) is 29.8. The number of fused-ring (bicyclic) bond motifs is 9. The second kappa shape index (κ2) is 12.9. The summed E-state index contributed by atoms with van der Waals surface area (Å²) in [6.45, 7) is 0. The number of benzene rings is 10. The minimum atomic E-state index is 1.04. The number of aromatic nitrogens is 1. The van der Waals surface area contributed by atoms with Crippen LogP contribution in [-0.4, -0.2) is 4.57 Å². The van der Waals surface area contributed by atoms with Crippen LogP contribution in [0.25, 0.3) is 99.1 Å². The molecule has 2 aliphatic rings. The van der Waals surface area contributed by atoms with Gasteiger partial charge >= 0.3 is 0 Å². The van der Waals surface area contributed by atoms with Gasteiger partial charge in [-0.3, -0.25) is 0 Å². The molecular weight excluding hydrogens is 725 g/mol. The molecule has 1 aromatic heterocycles. The number of allylic oxidation sites excluding steroid dienone is 1. The maximum atomic E-state index is 2.53. The maximum absolute atomic E-state index is 2.53. The zero-order valence-electron chi connectivity index (χ0n) is 32.9. The van der Waals surface area contributed by atoms with Crippen molar-refractivity contribution in [2.75, 3.05) is 4.90 Å². The van der Waals surface area contributed by atoms with Crippen LogP contribution < -0.4 is 4.90 Å². The van der Waals surface area contributed by atoms with Crippen molar-refractivity contribution >= 4 is 77.1 Å². The van der Waals surface area contributed by atoms with Gasteiger partial charge in [-0.25, -0.2) is 0 Å². The standard InChI is InChI=1S/C58H38N2/c1-2-14-39-33-42(28-27-37(39)13-1)44-19-7-9-25-53(44)59(43-29-30-45-49-23-11-17-38-18-12-24-50(58(38)49)51(45)36-43)55-31-32-56(47-21-6-5-20-46(47)55)60-54-26-10-8-22-48(54)52-34-40-15-3-4-16-41(40)35-57(52)60/h1-7,9-21,23-36H,8,22H2. The molecule has 0 unspecified atom stereocenters. The predicted octanol–water partition coefficient (Wildman–Crippen LogP) is 16.0. The second-order valence-corrected chi connectivity index (χ2v) is 16.4. The fraction of sp³-hybridized carbons (Fsp3) is 0.0345. The Labute approximate surface area is 348 Å². The Morgan fingerprint density at radius 2 is 1.10 bits per heavy atom. The number of aryl methyl sites for hydroxylation is 1. The molecule has 0 saturated carbocycles. The highest BCUT2D eigenvalue weighted by Gasteiger charge is 2.27. The molecule has 280 valence electrons. The van der Waals surface area contributed by atoms with Crippen molar-refractivity contribution in [1.82, 2.24) is 4.57 Å². The summed E-state index contributed by atoms with van der Waals surface area (Å²) in [4.78, 5) is 2.51. The summed E-state index contributed by atoms with van der Waals surface area (Å²) in [6.07, 6.45) is 6.79. The zero-order chi connectivity index (χ0) is 39.3. The van der Waals surface area contributed by atoms with Crippen molar-refractivity contribution in [2.45, 2.75) is 12.8 Å². The van der Waals surface area contributed by atoms with E-state index in [2.05, 4.69) is 216 Å². The van der Waals surface area contributed by atoms with Gasteiger partial charge in [0.1, 0.15) is 0 Å². The van der Waals surface area contributed by atoms with Gasteiger partial charge in [-0.05, 0) is 133 Å². The van der Waals surface area contributed by atoms with Crippen molar-refractivity contribution in [1.29, 1.82) is 0 Å². The molecule has 0 atom stereocenters. The first kappa shape index (κ1) is 33.3. The van der Waals surface area contributed by atoms with E-state index in [9.17, 15) is 0 Å². The largest absolute Gasteiger partial charge is 0.309 e. The molecule has 0 N–H and O–H groups in total. The normalized spacial score (nSPS) is 12.8. The van der Waals surface area contributed by atoms with Gasteiger partial charge in [0.2, 0.25) is 0 Å². The molecule has 2 nitrogen and oxygen atoms in total. The summed E-state index contributed by atoms with van der Waals surface area (Å²) in [7, 11) is 0. The Hall–Kier alpha value is -7.68. The van der Waals surface area contributed by atoms with Crippen molar-refractivity contribution in [2.24, 2.45) is 0 Å². The summed E-state index contributed by atoms with van der Waals surface area (Å²) in [6, 6.07) is 72.3. The van der Waals surface area contributed by atoms with E-state index in [1.165, 1.54) is 104 Å². The van der Waals surface area contributed by atoms with Gasteiger partial charge < -0.3 is 9.47 Å². The highest BCUT2D eigenvalue weighted by molar-refractivity contribution is 6.16. The molecule has 10 aromatic carbocycles. The summed E-state index contributed by atoms with van der Waals surface area (Å²) in [5, 5.41) is 11.4. The molecular formula is C58H38N2. The SMILES string of the molecule is C1=Cc2c(c3cc4ccccc4cc3n2-c2ccc(N(c3ccc4c(c3)-c3cccc5cccc-4c35)c3ccccc3-c3ccc4ccccc4c3)c3ccccc23)CC1. The van der Waals surface area contributed by atoms with Crippen LogP contribution in [0.15, 0.2) is 200 Å². The summed E-state index contributed by atoms with van der Waals surface area (Å²) in [5.74, 6) is 0. The van der Waals surface area contributed by atoms with Crippen molar-refractivity contribution in [3.8, 4) is 39.1 Å². The monoisotopic (exact) mass is 762 g/mol. The fourth-order valence-electron chi connectivity index (χ4n) is 10.4. The molecule has 1 heterocycles. The molecule has 0 spiro atoms. The highest BCUT2D eigenvalue weighted by Crippen LogP contribution is 2.51. The van der Waals surface area contributed by atoms with Gasteiger partial charge in [0.05, 0.1) is 22.6 Å². The first-order valence-corrected chi connectivity index (χ1v) is 21.1. The van der Waals surface area contributed by atoms with Gasteiger partial charge in [-0.2, -0.15) is 0 Å². The molecule has 0 aliphatic heterocycles. The Morgan fingerprint density at radius 3 is 1.95 bits per heavy atom. The van der Waals surface area contributed by atoms with E-state index in [1.807, 2.05) is 0 Å². The van der Waals surface area contributed by atoms with Crippen LogP contribution in [0.4, 0.5) is 17.1 Å². The van der Waals surface area contributed by atoms with E-state index in [1.54, 1.807) is 0 Å². The first-order valence-electron chi connectivity index (χ1n) is 21.1. The Kier molecular flexibility index (Phi) is 7.17. The molecule has 0 saturated heterocycles. The topological polar surface area (TPSA) is 8.17 Å². The van der Waals surface area contributed by atoms with Crippen LogP contribution in [0, 0.1) is 0 Å². The quantitative estimate of drug-likeness (QED) is 0.170. The van der Waals surface area contributed by atoms with Crippen LogP contribution in [0.5, 0.6) is 0 Å². The number of hydrogen-bond donors (Lipinski definition) is 0. The lowest BCUT2D eigenvalue weighted by atomic mass is 9.97. The van der Waals surface area contributed by atoms with E-state index in [4.69, 9.17) is 0 Å². The molecule has 13 rings (SSSR count). The molecule has 0 amide bonds. The van der Waals surface area contributed by atoms with Gasteiger partial charge in [0, 0.05) is 33.1 Å². The van der Waals surface area contributed by atoms with Crippen LogP contribution in [0.1, 0.15) is 17.7 Å². The number of nitrogens with zero attached hydrogens (tertiary/aromatic N) is 2. The minimum Gasteiger partial charge on any atom is -0.309 e. The van der Waals surface area contributed by atoms with E-state index in [-0.39, 0.29) is 0 Å². The smallest absolute Gasteiger partial charge is 0.0544 e. The maximum Gasteiger partial charge on any atom is 0.0544 e. The van der Waals surface area contributed by atoms with Gasteiger partial charge in [0.15, 0.2) is 0 Å². The van der Waals surface area contributed by atoms with Gasteiger partial charge in [-0.15, -0.1) is 0 Å². The molecule has 2 aliphatic carbocycles. The van der Waals surface area contributed by atoms with Crippen molar-refractivity contribution in [3.05, 3.63) is 211 Å². The number of hydrogen-bond acceptors (Lipinski definition) is 1.